The lowest BCUT2D eigenvalue weighted by atomic mass is 9.75. The number of carbonyl (C=O) groups is 1. The number of aliphatic hydroxyl groups is 1. The molecule has 0 bridgehead atoms. The van der Waals surface area contributed by atoms with Crippen LogP contribution < -0.4 is 5.32 Å². The molecule has 2 aliphatic rings. The summed E-state index contributed by atoms with van der Waals surface area (Å²) in [6, 6.07) is 9.25. The molecule has 6 heteroatoms. The highest BCUT2D eigenvalue weighted by Gasteiger charge is 2.42. The van der Waals surface area contributed by atoms with E-state index >= 15 is 0 Å². The van der Waals surface area contributed by atoms with E-state index in [0.29, 0.717) is 19.3 Å². The van der Waals surface area contributed by atoms with Crippen molar-refractivity contribution >= 4 is 15.7 Å². The van der Waals surface area contributed by atoms with Gasteiger partial charge in [-0.25, -0.2) is 8.42 Å². The van der Waals surface area contributed by atoms with Gasteiger partial charge in [0.15, 0.2) is 9.84 Å². The van der Waals surface area contributed by atoms with Gasteiger partial charge in [-0.1, -0.05) is 42.5 Å². The summed E-state index contributed by atoms with van der Waals surface area (Å²) in [5.74, 6) is -0.727. The van der Waals surface area contributed by atoms with Crippen LogP contribution in [0.2, 0.25) is 0 Å². The average molecular weight is 349 g/mol. The summed E-state index contributed by atoms with van der Waals surface area (Å²) in [5.41, 5.74) is 0.471. The summed E-state index contributed by atoms with van der Waals surface area (Å²) >= 11 is 0. The first-order valence-electron chi connectivity index (χ1n) is 8.27. The Morgan fingerprint density at radius 3 is 2.46 bits per heavy atom. The maximum Gasteiger partial charge on any atom is 0.224 e. The fraction of sp³-hybridized carbons (Fsp3) is 0.500. The molecule has 1 saturated heterocycles. The molecular weight excluding hydrogens is 326 g/mol. The first kappa shape index (κ1) is 17.2. The maximum atomic E-state index is 12.7. The highest BCUT2D eigenvalue weighted by atomic mass is 32.2. The standard InChI is InChI=1S/C18H23NO4S/c20-13-18(9-4-5-10-18)16(14-6-2-1-3-7-14)19-17(21)15-8-11-24(22,23)12-15/h1-7,15-16,20H,8-13H2,(H,19,21). The number of rotatable bonds is 5. The number of hydrogen-bond donors (Lipinski definition) is 2. The Balaban J connectivity index is 1.84. The van der Waals surface area contributed by atoms with Gasteiger partial charge in [-0.05, 0) is 24.8 Å². The van der Waals surface area contributed by atoms with Crippen molar-refractivity contribution < 1.29 is 18.3 Å². The first-order chi connectivity index (χ1) is 11.5. The molecule has 2 atom stereocenters. The van der Waals surface area contributed by atoms with Crippen LogP contribution in [0.25, 0.3) is 0 Å². The Hall–Kier alpha value is -1.66. The van der Waals surface area contributed by atoms with Gasteiger partial charge in [-0.3, -0.25) is 4.79 Å². The summed E-state index contributed by atoms with van der Waals surface area (Å²) in [6.07, 6.45) is 5.80. The molecule has 24 heavy (non-hydrogen) atoms. The van der Waals surface area contributed by atoms with Gasteiger partial charge in [0.2, 0.25) is 5.91 Å². The van der Waals surface area contributed by atoms with Crippen LogP contribution in [0.15, 0.2) is 42.5 Å². The van der Waals surface area contributed by atoms with Gasteiger partial charge in [-0.2, -0.15) is 0 Å². The van der Waals surface area contributed by atoms with Gasteiger partial charge in [0, 0.05) is 5.41 Å². The van der Waals surface area contributed by atoms with Crippen molar-refractivity contribution in [2.45, 2.75) is 25.3 Å². The topological polar surface area (TPSA) is 83.5 Å². The lowest BCUT2D eigenvalue weighted by molar-refractivity contribution is -0.126. The molecule has 1 aliphatic heterocycles. The van der Waals surface area contributed by atoms with Crippen molar-refractivity contribution in [1.29, 1.82) is 0 Å². The molecular formula is C18H23NO4S. The number of sulfone groups is 1. The zero-order valence-corrected chi connectivity index (χ0v) is 14.3. The average Bonchev–Trinajstić information content (AvgIpc) is 3.20. The van der Waals surface area contributed by atoms with Crippen LogP contribution in [0.5, 0.6) is 0 Å². The van der Waals surface area contributed by atoms with E-state index in [1.54, 1.807) is 0 Å². The first-order valence-corrected chi connectivity index (χ1v) is 10.1. The molecule has 5 nitrogen and oxygen atoms in total. The fourth-order valence-corrected chi connectivity index (χ4v) is 5.41. The fourth-order valence-electron chi connectivity index (χ4n) is 3.67. The summed E-state index contributed by atoms with van der Waals surface area (Å²) in [5, 5.41) is 13.1. The van der Waals surface area contributed by atoms with E-state index in [1.165, 1.54) is 0 Å². The summed E-state index contributed by atoms with van der Waals surface area (Å²) in [7, 11) is -3.10. The third-order valence-electron chi connectivity index (χ3n) is 5.17. The minimum atomic E-state index is -3.10. The quantitative estimate of drug-likeness (QED) is 0.791. The Morgan fingerprint density at radius 1 is 1.25 bits per heavy atom. The van der Waals surface area contributed by atoms with E-state index in [0.717, 1.165) is 5.56 Å². The molecule has 1 fully saturated rings. The number of carbonyl (C=O) groups excluding carboxylic acids is 1. The van der Waals surface area contributed by atoms with Crippen molar-refractivity contribution in [3.05, 3.63) is 48.0 Å². The van der Waals surface area contributed by atoms with Crippen molar-refractivity contribution in [2.75, 3.05) is 18.1 Å². The predicted molar refractivity (Wildman–Crippen MR) is 92.0 cm³/mol. The van der Waals surface area contributed by atoms with Crippen LogP contribution in [0, 0.1) is 11.3 Å². The molecule has 1 aromatic rings. The SMILES string of the molecule is O=C(NC(c1ccccc1)C1(CO)CC=CC1)C1CCS(=O)(=O)C1. The summed E-state index contributed by atoms with van der Waals surface area (Å²) in [6.45, 7) is -0.0389. The molecule has 0 aromatic heterocycles. The Labute approximate surface area is 142 Å². The molecule has 3 rings (SSSR count). The minimum Gasteiger partial charge on any atom is -0.396 e. The molecule has 1 heterocycles. The monoisotopic (exact) mass is 349 g/mol. The van der Waals surface area contributed by atoms with Crippen LogP contribution in [0.4, 0.5) is 0 Å². The van der Waals surface area contributed by atoms with Crippen LogP contribution in [0.3, 0.4) is 0 Å². The maximum absolute atomic E-state index is 12.7. The highest BCUT2D eigenvalue weighted by molar-refractivity contribution is 7.91. The van der Waals surface area contributed by atoms with Crippen molar-refractivity contribution in [3.8, 4) is 0 Å². The number of aliphatic hydroxyl groups excluding tert-OH is 1. The molecule has 130 valence electrons. The number of nitrogens with one attached hydrogen (secondary N) is 1. The molecule has 2 N–H and O–H groups in total. The van der Waals surface area contributed by atoms with Gasteiger partial charge in [0.25, 0.3) is 0 Å². The Kier molecular flexibility index (Phi) is 4.78. The van der Waals surface area contributed by atoms with Crippen LogP contribution in [-0.2, 0) is 14.6 Å². The van der Waals surface area contributed by atoms with E-state index in [1.807, 2.05) is 42.5 Å². The normalized spacial score (nSPS) is 25.5. The van der Waals surface area contributed by atoms with Gasteiger partial charge < -0.3 is 10.4 Å². The lowest BCUT2D eigenvalue weighted by Gasteiger charge is -2.37. The minimum absolute atomic E-state index is 0.0389. The smallest absolute Gasteiger partial charge is 0.224 e. The van der Waals surface area contributed by atoms with Crippen LogP contribution in [0.1, 0.15) is 30.9 Å². The molecule has 1 amide bonds. The molecule has 1 aliphatic carbocycles. The third-order valence-corrected chi connectivity index (χ3v) is 6.93. The third kappa shape index (κ3) is 3.39. The predicted octanol–water partition coefficient (Wildman–Crippen LogP) is 1.61. The summed E-state index contributed by atoms with van der Waals surface area (Å²) < 4.78 is 23.3. The second kappa shape index (κ2) is 6.69. The number of amides is 1. The van der Waals surface area contributed by atoms with Gasteiger partial charge in [0.1, 0.15) is 0 Å². The highest BCUT2D eigenvalue weighted by Crippen LogP contribution is 2.44. The number of benzene rings is 1. The van der Waals surface area contributed by atoms with Crippen LogP contribution >= 0.6 is 0 Å². The van der Waals surface area contributed by atoms with Crippen molar-refractivity contribution in [2.24, 2.45) is 11.3 Å². The van der Waals surface area contributed by atoms with E-state index in [9.17, 15) is 18.3 Å². The summed E-state index contributed by atoms with van der Waals surface area (Å²) in [4.78, 5) is 12.7. The second-order valence-electron chi connectivity index (χ2n) is 6.85. The zero-order chi connectivity index (χ0) is 17.2. The van der Waals surface area contributed by atoms with E-state index in [2.05, 4.69) is 5.32 Å². The molecule has 2 unspecified atom stereocenters. The van der Waals surface area contributed by atoms with Gasteiger partial charge in [0.05, 0.1) is 30.1 Å². The van der Waals surface area contributed by atoms with E-state index < -0.39 is 21.2 Å². The van der Waals surface area contributed by atoms with Crippen molar-refractivity contribution in [3.63, 3.8) is 0 Å². The molecule has 0 spiro atoms. The lowest BCUT2D eigenvalue weighted by Crippen LogP contribution is -2.44. The molecule has 0 radical (unpaired) electrons. The second-order valence-corrected chi connectivity index (χ2v) is 9.08. The van der Waals surface area contributed by atoms with Crippen LogP contribution in [-0.4, -0.2) is 37.5 Å². The number of hydrogen-bond acceptors (Lipinski definition) is 4. The largest absolute Gasteiger partial charge is 0.396 e. The zero-order valence-electron chi connectivity index (χ0n) is 13.5. The van der Waals surface area contributed by atoms with Gasteiger partial charge >= 0.3 is 0 Å². The van der Waals surface area contributed by atoms with E-state index in [4.69, 9.17) is 0 Å². The van der Waals surface area contributed by atoms with Gasteiger partial charge in [-0.15, -0.1) is 0 Å². The Bertz CT molecular complexity index is 719. The van der Waals surface area contributed by atoms with Crippen molar-refractivity contribution in [1.82, 2.24) is 5.32 Å². The molecule has 0 saturated carbocycles. The number of allylic oxidation sites excluding steroid dienone is 2. The Morgan fingerprint density at radius 2 is 1.92 bits per heavy atom. The molecule has 1 aromatic carbocycles. The van der Waals surface area contributed by atoms with E-state index in [-0.39, 0.29) is 30.1 Å².